The van der Waals surface area contributed by atoms with Crippen molar-refractivity contribution in [3.05, 3.63) is 29.8 Å². The predicted molar refractivity (Wildman–Crippen MR) is 121 cm³/mol. The molecule has 2 saturated carbocycles. The Morgan fingerprint density at radius 1 is 0.714 bits per heavy atom. The van der Waals surface area contributed by atoms with Crippen LogP contribution in [0.1, 0.15) is 115 Å². The summed E-state index contributed by atoms with van der Waals surface area (Å²) in [6, 6.07) is 9.09. The topological polar surface area (TPSA) is 9.23 Å². The molecule has 0 N–H and O–H groups in total. The summed E-state index contributed by atoms with van der Waals surface area (Å²) in [6.45, 7) is 5.55. The van der Waals surface area contributed by atoms with Crippen LogP contribution in [0.4, 0.5) is 0 Å². The van der Waals surface area contributed by atoms with Crippen molar-refractivity contribution >= 4 is 0 Å². The van der Waals surface area contributed by atoms with Crippen LogP contribution in [0.5, 0.6) is 5.75 Å². The van der Waals surface area contributed by atoms with Crippen molar-refractivity contribution < 1.29 is 4.74 Å². The average Bonchev–Trinajstić information content (AvgIpc) is 2.76. The summed E-state index contributed by atoms with van der Waals surface area (Å²) in [5.74, 6) is 4.81. The summed E-state index contributed by atoms with van der Waals surface area (Å²) in [5, 5.41) is 0. The molecule has 1 nitrogen and oxygen atoms in total. The third-order valence-corrected chi connectivity index (χ3v) is 7.73. The third kappa shape index (κ3) is 6.82. The van der Waals surface area contributed by atoms with Crippen molar-refractivity contribution in [2.75, 3.05) is 6.61 Å². The molecular weight excluding hydrogens is 340 g/mol. The molecule has 158 valence electrons. The first kappa shape index (κ1) is 21.7. The Labute approximate surface area is 174 Å². The second kappa shape index (κ2) is 11.9. The van der Waals surface area contributed by atoms with Gasteiger partial charge in [0.15, 0.2) is 0 Å². The quantitative estimate of drug-likeness (QED) is 0.367. The van der Waals surface area contributed by atoms with Crippen LogP contribution in [0.3, 0.4) is 0 Å². The van der Waals surface area contributed by atoms with Gasteiger partial charge in [0.2, 0.25) is 0 Å². The Hall–Kier alpha value is -0.980. The highest BCUT2D eigenvalue weighted by Crippen LogP contribution is 2.38. The molecule has 0 heterocycles. The van der Waals surface area contributed by atoms with Crippen molar-refractivity contribution in [3.63, 3.8) is 0 Å². The number of ether oxygens (including phenoxy) is 1. The minimum Gasteiger partial charge on any atom is -0.494 e. The van der Waals surface area contributed by atoms with E-state index in [0.717, 1.165) is 36.0 Å². The Balaban J connectivity index is 1.31. The molecule has 1 heteroatoms. The van der Waals surface area contributed by atoms with Crippen LogP contribution in [0.2, 0.25) is 0 Å². The summed E-state index contributed by atoms with van der Waals surface area (Å²) in [5.41, 5.74) is 1.54. The van der Waals surface area contributed by atoms with Crippen molar-refractivity contribution in [1.82, 2.24) is 0 Å². The molecule has 0 atom stereocenters. The molecule has 3 rings (SSSR count). The summed E-state index contributed by atoms with van der Waals surface area (Å²) >= 11 is 0. The van der Waals surface area contributed by atoms with Crippen LogP contribution >= 0.6 is 0 Å². The fourth-order valence-corrected chi connectivity index (χ4v) is 5.60. The predicted octanol–water partition coefficient (Wildman–Crippen LogP) is 8.53. The van der Waals surface area contributed by atoms with E-state index in [1.165, 1.54) is 95.5 Å². The van der Waals surface area contributed by atoms with Gasteiger partial charge < -0.3 is 4.74 Å². The van der Waals surface area contributed by atoms with Crippen LogP contribution < -0.4 is 4.74 Å². The van der Waals surface area contributed by atoms with Crippen LogP contribution in [0.15, 0.2) is 24.3 Å². The first-order chi connectivity index (χ1) is 13.8. The number of benzene rings is 1. The molecule has 2 aliphatic carbocycles. The van der Waals surface area contributed by atoms with Gasteiger partial charge in [0.05, 0.1) is 6.61 Å². The van der Waals surface area contributed by atoms with E-state index in [9.17, 15) is 0 Å². The van der Waals surface area contributed by atoms with Gasteiger partial charge in [0.25, 0.3) is 0 Å². The van der Waals surface area contributed by atoms with E-state index in [2.05, 4.69) is 38.1 Å². The maximum Gasteiger partial charge on any atom is 0.119 e. The highest BCUT2D eigenvalue weighted by molar-refractivity contribution is 5.29. The van der Waals surface area contributed by atoms with E-state index >= 15 is 0 Å². The van der Waals surface area contributed by atoms with Gasteiger partial charge >= 0.3 is 0 Å². The molecule has 2 fully saturated rings. The molecular formula is C27H44O. The van der Waals surface area contributed by atoms with Gasteiger partial charge in [-0.2, -0.15) is 0 Å². The summed E-state index contributed by atoms with van der Waals surface area (Å²) in [6.07, 6.45) is 19.6. The molecule has 28 heavy (non-hydrogen) atoms. The smallest absolute Gasteiger partial charge is 0.119 e. The second-order valence-electron chi connectivity index (χ2n) is 9.71. The maximum atomic E-state index is 6.04. The lowest BCUT2D eigenvalue weighted by Gasteiger charge is -2.29. The maximum absolute atomic E-state index is 6.04. The van der Waals surface area contributed by atoms with Crippen LogP contribution in [-0.4, -0.2) is 6.61 Å². The van der Waals surface area contributed by atoms with Gasteiger partial charge in [0.1, 0.15) is 5.75 Å². The van der Waals surface area contributed by atoms with E-state index < -0.39 is 0 Å². The average molecular weight is 385 g/mol. The minimum absolute atomic E-state index is 0.783. The lowest BCUT2D eigenvalue weighted by molar-refractivity contribution is 0.234. The van der Waals surface area contributed by atoms with Crippen molar-refractivity contribution in [1.29, 1.82) is 0 Å². The van der Waals surface area contributed by atoms with E-state index in [0.29, 0.717) is 0 Å². The fourth-order valence-electron chi connectivity index (χ4n) is 5.60. The van der Waals surface area contributed by atoms with Gasteiger partial charge in [0, 0.05) is 0 Å². The van der Waals surface area contributed by atoms with E-state index in [1.807, 2.05) is 0 Å². The molecule has 0 unspecified atom stereocenters. The second-order valence-corrected chi connectivity index (χ2v) is 9.71. The van der Waals surface area contributed by atoms with E-state index in [-0.39, 0.29) is 0 Å². The fraction of sp³-hybridized carbons (Fsp3) is 0.778. The molecule has 2 aliphatic rings. The number of rotatable bonds is 10. The number of hydrogen-bond donors (Lipinski definition) is 0. The Morgan fingerprint density at radius 2 is 1.29 bits per heavy atom. The minimum atomic E-state index is 0.783. The lowest BCUT2D eigenvalue weighted by atomic mass is 9.77. The normalized spacial score (nSPS) is 28.2. The molecule has 0 radical (unpaired) electrons. The van der Waals surface area contributed by atoms with Crippen LogP contribution in [-0.2, 0) is 0 Å². The lowest BCUT2D eigenvalue weighted by Crippen LogP contribution is -2.14. The summed E-state index contributed by atoms with van der Waals surface area (Å²) in [7, 11) is 0. The zero-order valence-corrected chi connectivity index (χ0v) is 18.6. The van der Waals surface area contributed by atoms with Crippen LogP contribution in [0, 0.1) is 17.8 Å². The van der Waals surface area contributed by atoms with E-state index in [4.69, 9.17) is 4.74 Å². The number of unbranched alkanes of at least 4 members (excludes halogenated alkanes) is 1. The highest BCUT2D eigenvalue weighted by Gasteiger charge is 2.22. The zero-order chi connectivity index (χ0) is 19.6. The Kier molecular flexibility index (Phi) is 9.22. The molecule has 1 aromatic rings. The number of hydrogen-bond acceptors (Lipinski definition) is 1. The summed E-state index contributed by atoms with van der Waals surface area (Å²) in [4.78, 5) is 0. The standard InChI is InChI=1S/C27H44O/c1-3-5-7-23-13-15-25(16-14-23)26-17-19-27(20-18-26)28-21-6-8-24-11-9-22(4-2)10-12-24/h17-20,22-25H,3-16,21H2,1-2H3/t22-,23-,24-,25-. The molecule has 0 saturated heterocycles. The van der Waals surface area contributed by atoms with Crippen molar-refractivity contribution in [2.45, 2.75) is 110 Å². The van der Waals surface area contributed by atoms with Gasteiger partial charge in [-0.25, -0.2) is 0 Å². The summed E-state index contributed by atoms with van der Waals surface area (Å²) < 4.78 is 6.04. The van der Waals surface area contributed by atoms with Gasteiger partial charge in [-0.3, -0.25) is 0 Å². The SMILES string of the molecule is CCCC[C@H]1CC[C@H](c2ccc(OCCC[C@H]3CC[C@H](CC)CC3)cc2)CC1. The van der Waals surface area contributed by atoms with Gasteiger partial charge in [-0.15, -0.1) is 0 Å². The van der Waals surface area contributed by atoms with Gasteiger partial charge in [-0.1, -0.05) is 77.3 Å². The largest absolute Gasteiger partial charge is 0.494 e. The third-order valence-electron chi connectivity index (χ3n) is 7.73. The monoisotopic (exact) mass is 384 g/mol. The van der Waals surface area contributed by atoms with Crippen LogP contribution in [0.25, 0.3) is 0 Å². The zero-order valence-electron chi connectivity index (χ0n) is 18.6. The van der Waals surface area contributed by atoms with Crippen molar-refractivity contribution in [2.24, 2.45) is 17.8 Å². The Bertz CT molecular complexity index is 518. The molecule has 1 aromatic carbocycles. The van der Waals surface area contributed by atoms with E-state index in [1.54, 1.807) is 0 Å². The Morgan fingerprint density at radius 3 is 1.89 bits per heavy atom. The first-order valence-electron chi connectivity index (χ1n) is 12.5. The van der Waals surface area contributed by atoms with Gasteiger partial charge in [-0.05, 0) is 79.9 Å². The molecule has 0 bridgehead atoms. The van der Waals surface area contributed by atoms with Crippen molar-refractivity contribution in [3.8, 4) is 5.75 Å². The highest BCUT2D eigenvalue weighted by atomic mass is 16.5. The molecule has 0 spiro atoms. The molecule has 0 amide bonds. The molecule has 0 aliphatic heterocycles. The molecule has 0 aromatic heterocycles. The first-order valence-corrected chi connectivity index (χ1v) is 12.5.